The van der Waals surface area contributed by atoms with Crippen LogP contribution in [0.4, 0.5) is 0 Å². The monoisotopic (exact) mass is 342 g/mol. The molecule has 0 heterocycles. The van der Waals surface area contributed by atoms with Crippen LogP contribution in [0.15, 0.2) is 4.99 Å². The van der Waals surface area contributed by atoms with Crippen molar-refractivity contribution in [2.24, 2.45) is 4.99 Å². The molecule has 0 atom stereocenters. The van der Waals surface area contributed by atoms with Gasteiger partial charge < -0.3 is 15.5 Å². The zero-order chi connectivity index (χ0) is 11.5. The van der Waals surface area contributed by atoms with E-state index in [1.165, 1.54) is 0 Å². The van der Waals surface area contributed by atoms with Gasteiger partial charge in [-0.15, -0.1) is 24.0 Å². The summed E-state index contributed by atoms with van der Waals surface area (Å²) in [6, 6.07) is 0. The highest BCUT2D eigenvalue weighted by Gasteiger charge is 1.98. The van der Waals surface area contributed by atoms with E-state index >= 15 is 0 Å². The van der Waals surface area contributed by atoms with E-state index in [2.05, 4.69) is 48.2 Å². The van der Waals surface area contributed by atoms with Gasteiger partial charge in [0.05, 0.1) is 6.54 Å². The van der Waals surface area contributed by atoms with E-state index in [1.807, 2.05) is 0 Å². The second-order valence-corrected chi connectivity index (χ2v) is 3.32. The molecule has 0 aliphatic heterocycles. The quantitative estimate of drug-likeness (QED) is 0.419. The molecule has 0 aromatic rings. The average Bonchev–Trinajstić information content (AvgIpc) is 2.25. The topological polar surface area (TPSA) is 39.7 Å². The fraction of sp³-hybridized carbons (Fsp3) is 0.909. The highest BCUT2D eigenvalue weighted by molar-refractivity contribution is 14.0. The van der Waals surface area contributed by atoms with Crippen molar-refractivity contribution in [3.63, 3.8) is 0 Å². The molecule has 4 nitrogen and oxygen atoms in total. The molecule has 0 aliphatic rings. The van der Waals surface area contributed by atoms with Crippen molar-refractivity contribution in [1.29, 1.82) is 0 Å². The molecule has 98 valence electrons. The van der Waals surface area contributed by atoms with Crippen LogP contribution in [0.1, 0.15) is 27.7 Å². The predicted molar refractivity (Wildman–Crippen MR) is 82.9 cm³/mol. The van der Waals surface area contributed by atoms with Gasteiger partial charge in [-0.05, 0) is 26.9 Å². The summed E-state index contributed by atoms with van der Waals surface area (Å²) < 4.78 is 0. The van der Waals surface area contributed by atoms with Crippen LogP contribution in [0, 0.1) is 0 Å². The smallest absolute Gasteiger partial charge is 0.191 e. The Balaban J connectivity index is 0. The Bertz CT molecular complexity index is 161. The molecule has 0 saturated carbocycles. The van der Waals surface area contributed by atoms with E-state index in [4.69, 9.17) is 0 Å². The van der Waals surface area contributed by atoms with Gasteiger partial charge >= 0.3 is 0 Å². The van der Waals surface area contributed by atoms with Crippen molar-refractivity contribution in [1.82, 2.24) is 15.5 Å². The third-order valence-electron chi connectivity index (χ3n) is 2.27. The number of guanidine groups is 1. The first-order valence-electron chi connectivity index (χ1n) is 6.02. The van der Waals surface area contributed by atoms with Crippen LogP contribution in [0.25, 0.3) is 0 Å². The van der Waals surface area contributed by atoms with Crippen molar-refractivity contribution in [2.75, 3.05) is 39.3 Å². The number of nitrogens with zero attached hydrogens (tertiary/aromatic N) is 2. The standard InChI is InChI=1S/C11H26N4.HI/c1-5-12-11(13-6-2)14-9-10-15(7-3)8-4;/h5-10H2,1-4H3,(H2,12,13,14);1H. The summed E-state index contributed by atoms with van der Waals surface area (Å²) in [4.78, 5) is 6.87. The first kappa shape index (κ1) is 18.3. The molecule has 0 rings (SSSR count). The van der Waals surface area contributed by atoms with Crippen molar-refractivity contribution in [3.05, 3.63) is 0 Å². The largest absolute Gasteiger partial charge is 0.357 e. The summed E-state index contributed by atoms with van der Waals surface area (Å²) in [6.07, 6.45) is 0. The number of halogens is 1. The lowest BCUT2D eigenvalue weighted by atomic mass is 10.5. The molecular weight excluding hydrogens is 315 g/mol. The minimum atomic E-state index is 0. The molecule has 0 fully saturated rings. The molecule has 0 unspecified atom stereocenters. The molecule has 0 aromatic heterocycles. The van der Waals surface area contributed by atoms with Gasteiger partial charge in [0.25, 0.3) is 0 Å². The van der Waals surface area contributed by atoms with Gasteiger partial charge in [0.1, 0.15) is 0 Å². The molecule has 0 bridgehead atoms. The molecule has 2 N–H and O–H groups in total. The van der Waals surface area contributed by atoms with Crippen molar-refractivity contribution in [2.45, 2.75) is 27.7 Å². The molecule has 5 heteroatoms. The molecule has 0 amide bonds. The van der Waals surface area contributed by atoms with Crippen molar-refractivity contribution >= 4 is 29.9 Å². The Morgan fingerprint density at radius 1 is 1.00 bits per heavy atom. The Kier molecular flexibility index (Phi) is 14.9. The van der Waals surface area contributed by atoms with Gasteiger partial charge in [-0.25, -0.2) is 0 Å². The third-order valence-corrected chi connectivity index (χ3v) is 2.27. The van der Waals surface area contributed by atoms with Crippen molar-refractivity contribution in [3.8, 4) is 0 Å². The van der Waals surface area contributed by atoms with Crippen LogP contribution < -0.4 is 10.6 Å². The van der Waals surface area contributed by atoms with Crippen LogP contribution in [0.5, 0.6) is 0 Å². The lowest BCUT2D eigenvalue weighted by Gasteiger charge is -2.17. The minimum Gasteiger partial charge on any atom is -0.357 e. The van der Waals surface area contributed by atoms with Gasteiger partial charge in [-0.3, -0.25) is 4.99 Å². The van der Waals surface area contributed by atoms with Crippen LogP contribution in [0.3, 0.4) is 0 Å². The van der Waals surface area contributed by atoms with Crippen LogP contribution in [-0.4, -0.2) is 50.1 Å². The maximum absolute atomic E-state index is 4.49. The molecule has 0 radical (unpaired) electrons. The SMILES string of the molecule is CCNC(=NCCN(CC)CC)NCC.I. The second kappa shape index (κ2) is 13.0. The third kappa shape index (κ3) is 9.21. The number of hydrogen-bond donors (Lipinski definition) is 2. The lowest BCUT2D eigenvalue weighted by Crippen LogP contribution is -2.37. The number of rotatable bonds is 7. The molecule has 16 heavy (non-hydrogen) atoms. The second-order valence-electron chi connectivity index (χ2n) is 3.32. The van der Waals surface area contributed by atoms with Gasteiger partial charge in [-0.1, -0.05) is 13.8 Å². The van der Waals surface area contributed by atoms with E-state index in [0.717, 1.165) is 45.2 Å². The lowest BCUT2D eigenvalue weighted by molar-refractivity contribution is 0.313. The van der Waals surface area contributed by atoms with E-state index in [-0.39, 0.29) is 24.0 Å². The molecular formula is C11H27IN4. The van der Waals surface area contributed by atoms with Crippen molar-refractivity contribution < 1.29 is 0 Å². The zero-order valence-electron chi connectivity index (χ0n) is 11.0. The summed E-state index contributed by atoms with van der Waals surface area (Å²) in [6.45, 7) is 14.5. The number of nitrogens with one attached hydrogen (secondary N) is 2. The minimum absolute atomic E-state index is 0. The summed E-state index contributed by atoms with van der Waals surface area (Å²) in [5, 5.41) is 6.43. The van der Waals surface area contributed by atoms with Gasteiger partial charge in [0.15, 0.2) is 5.96 Å². The fourth-order valence-corrected chi connectivity index (χ4v) is 1.35. The summed E-state index contributed by atoms with van der Waals surface area (Å²) in [5.74, 6) is 0.923. The Labute approximate surface area is 117 Å². The summed E-state index contributed by atoms with van der Waals surface area (Å²) in [5.41, 5.74) is 0. The molecule has 0 aromatic carbocycles. The van der Waals surface area contributed by atoms with E-state index in [0.29, 0.717) is 0 Å². The highest BCUT2D eigenvalue weighted by atomic mass is 127. The van der Waals surface area contributed by atoms with E-state index < -0.39 is 0 Å². The maximum Gasteiger partial charge on any atom is 0.191 e. The zero-order valence-corrected chi connectivity index (χ0v) is 13.4. The fourth-order valence-electron chi connectivity index (χ4n) is 1.35. The highest BCUT2D eigenvalue weighted by Crippen LogP contribution is 1.86. The first-order chi connectivity index (χ1) is 7.28. The normalized spacial score (nSPS) is 9.56. The van der Waals surface area contributed by atoms with Crippen LogP contribution >= 0.6 is 24.0 Å². The number of aliphatic imine (C=N–C) groups is 1. The Morgan fingerprint density at radius 3 is 1.88 bits per heavy atom. The van der Waals surface area contributed by atoms with E-state index in [9.17, 15) is 0 Å². The molecule has 0 spiro atoms. The first-order valence-corrected chi connectivity index (χ1v) is 6.02. The average molecular weight is 342 g/mol. The van der Waals surface area contributed by atoms with Gasteiger partial charge in [-0.2, -0.15) is 0 Å². The van der Waals surface area contributed by atoms with Crippen LogP contribution in [0.2, 0.25) is 0 Å². The molecule has 0 saturated heterocycles. The van der Waals surface area contributed by atoms with Gasteiger partial charge in [0, 0.05) is 19.6 Å². The molecule has 0 aliphatic carbocycles. The van der Waals surface area contributed by atoms with E-state index in [1.54, 1.807) is 0 Å². The summed E-state index contributed by atoms with van der Waals surface area (Å²) >= 11 is 0. The maximum atomic E-state index is 4.49. The predicted octanol–water partition coefficient (Wildman–Crippen LogP) is 1.52. The van der Waals surface area contributed by atoms with Crippen LogP contribution in [-0.2, 0) is 0 Å². The Morgan fingerprint density at radius 2 is 1.50 bits per heavy atom. The number of likely N-dealkylation sites (N-methyl/N-ethyl adjacent to an activating group) is 1. The van der Waals surface area contributed by atoms with Gasteiger partial charge in [0.2, 0.25) is 0 Å². The summed E-state index contributed by atoms with van der Waals surface area (Å²) in [7, 11) is 0. The number of hydrogen-bond acceptors (Lipinski definition) is 2. The Hall–Kier alpha value is -0.0400.